The highest BCUT2D eigenvalue weighted by atomic mass is 16.7. The number of nitrogens with zero attached hydrogens (tertiary/aromatic N) is 1. The fourth-order valence-electron chi connectivity index (χ4n) is 2.98. The van der Waals surface area contributed by atoms with Crippen molar-refractivity contribution in [1.82, 2.24) is 4.90 Å². The van der Waals surface area contributed by atoms with E-state index in [1.54, 1.807) is 23.1 Å². The summed E-state index contributed by atoms with van der Waals surface area (Å²) >= 11 is 0. The SMILES string of the molecule is CCC1CCCCN1C(=O)C(=O)Nc1ccc2c(c1)OCO2. The van der Waals surface area contributed by atoms with Crippen LogP contribution in [0.5, 0.6) is 11.5 Å². The van der Waals surface area contributed by atoms with Crippen molar-refractivity contribution in [2.45, 2.75) is 38.6 Å². The molecule has 1 aromatic carbocycles. The first kappa shape index (κ1) is 14.7. The Labute approximate surface area is 129 Å². The molecule has 1 aromatic rings. The fraction of sp³-hybridized carbons (Fsp3) is 0.500. The summed E-state index contributed by atoms with van der Waals surface area (Å²) in [4.78, 5) is 26.3. The van der Waals surface area contributed by atoms with E-state index in [2.05, 4.69) is 5.32 Å². The molecule has 6 nitrogen and oxygen atoms in total. The molecule has 118 valence electrons. The molecule has 0 saturated carbocycles. The molecule has 6 heteroatoms. The van der Waals surface area contributed by atoms with Crippen molar-refractivity contribution in [3.8, 4) is 11.5 Å². The largest absolute Gasteiger partial charge is 0.454 e. The van der Waals surface area contributed by atoms with Crippen LogP contribution < -0.4 is 14.8 Å². The summed E-state index contributed by atoms with van der Waals surface area (Å²) in [5, 5.41) is 2.65. The second-order valence-corrected chi connectivity index (χ2v) is 5.58. The van der Waals surface area contributed by atoms with Crippen molar-refractivity contribution in [2.75, 3.05) is 18.7 Å². The minimum atomic E-state index is -0.598. The molecule has 0 aliphatic carbocycles. The topological polar surface area (TPSA) is 67.9 Å². The molecular formula is C16H20N2O4. The molecule has 2 amide bonds. The highest BCUT2D eigenvalue weighted by Gasteiger charge is 2.29. The lowest BCUT2D eigenvalue weighted by atomic mass is 10.00. The first-order valence-corrected chi connectivity index (χ1v) is 7.70. The molecule has 1 N–H and O–H groups in total. The maximum Gasteiger partial charge on any atom is 0.313 e. The molecular weight excluding hydrogens is 284 g/mol. The third-order valence-corrected chi connectivity index (χ3v) is 4.18. The van der Waals surface area contributed by atoms with Gasteiger partial charge in [-0.3, -0.25) is 9.59 Å². The molecule has 3 rings (SSSR count). The number of fused-ring (bicyclic) bond motifs is 1. The van der Waals surface area contributed by atoms with Crippen LogP contribution in [0.1, 0.15) is 32.6 Å². The summed E-state index contributed by atoms with van der Waals surface area (Å²) in [6.45, 7) is 2.88. The number of piperidine rings is 1. The van der Waals surface area contributed by atoms with E-state index >= 15 is 0 Å². The van der Waals surface area contributed by atoms with Crippen molar-refractivity contribution in [3.63, 3.8) is 0 Å². The van der Waals surface area contributed by atoms with Gasteiger partial charge in [0.1, 0.15) is 0 Å². The van der Waals surface area contributed by atoms with E-state index in [1.165, 1.54) is 0 Å². The molecule has 0 radical (unpaired) electrons. The van der Waals surface area contributed by atoms with E-state index in [0.29, 0.717) is 23.7 Å². The Balaban J connectivity index is 1.67. The minimum Gasteiger partial charge on any atom is -0.454 e. The van der Waals surface area contributed by atoms with Crippen LogP contribution in [0.4, 0.5) is 5.69 Å². The van der Waals surface area contributed by atoms with Crippen molar-refractivity contribution in [3.05, 3.63) is 18.2 Å². The van der Waals surface area contributed by atoms with Crippen molar-refractivity contribution >= 4 is 17.5 Å². The zero-order valence-electron chi connectivity index (χ0n) is 12.6. The number of amides is 2. The van der Waals surface area contributed by atoms with E-state index in [0.717, 1.165) is 25.7 Å². The lowest BCUT2D eigenvalue weighted by molar-refractivity contribution is -0.145. The van der Waals surface area contributed by atoms with Gasteiger partial charge in [-0.05, 0) is 37.8 Å². The van der Waals surface area contributed by atoms with Crippen molar-refractivity contribution in [1.29, 1.82) is 0 Å². The van der Waals surface area contributed by atoms with E-state index in [-0.39, 0.29) is 12.8 Å². The van der Waals surface area contributed by atoms with Crippen LogP contribution in [0.25, 0.3) is 0 Å². The number of carbonyl (C=O) groups excluding carboxylic acids is 2. The second kappa shape index (κ2) is 6.25. The number of likely N-dealkylation sites (tertiary alicyclic amines) is 1. The highest BCUT2D eigenvalue weighted by Crippen LogP contribution is 2.34. The van der Waals surface area contributed by atoms with Gasteiger partial charge in [0.05, 0.1) is 0 Å². The van der Waals surface area contributed by atoms with Crippen molar-refractivity contribution in [2.24, 2.45) is 0 Å². The Hall–Kier alpha value is -2.24. The van der Waals surface area contributed by atoms with Gasteiger partial charge in [-0.15, -0.1) is 0 Å². The molecule has 1 unspecified atom stereocenters. The van der Waals surface area contributed by atoms with Gasteiger partial charge in [-0.25, -0.2) is 0 Å². The molecule has 1 fully saturated rings. The molecule has 2 aliphatic heterocycles. The lowest BCUT2D eigenvalue weighted by Crippen LogP contribution is -2.48. The zero-order valence-corrected chi connectivity index (χ0v) is 12.6. The van der Waals surface area contributed by atoms with Gasteiger partial charge in [0.2, 0.25) is 6.79 Å². The van der Waals surface area contributed by atoms with Crippen LogP contribution in [0, 0.1) is 0 Å². The average Bonchev–Trinajstić information content (AvgIpc) is 3.01. The normalized spacial score (nSPS) is 19.9. The molecule has 0 aromatic heterocycles. The van der Waals surface area contributed by atoms with Gasteiger partial charge in [-0.2, -0.15) is 0 Å². The maximum atomic E-state index is 12.4. The monoisotopic (exact) mass is 304 g/mol. The van der Waals surface area contributed by atoms with E-state index in [4.69, 9.17) is 9.47 Å². The van der Waals surface area contributed by atoms with Gasteiger partial charge in [0, 0.05) is 24.3 Å². The van der Waals surface area contributed by atoms with Crippen LogP contribution in [0.15, 0.2) is 18.2 Å². The Kier molecular flexibility index (Phi) is 4.18. The molecule has 1 saturated heterocycles. The maximum absolute atomic E-state index is 12.4. The number of hydrogen-bond donors (Lipinski definition) is 1. The predicted octanol–water partition coefficient (Wildman–Crippen LogP) is 2.14. The number of nitrogens with one attached hydrogen (secondary N) is 1. The Morgan fingerprint density at radius 3 is 2.91 bits per heavy atom. The van der Waals surface area contributed by atoms with E-state index < -0.39 is 11.8 Å². The number of hydrogen-bond acceptors (Lipinski definition) is 4. The third kappa shape index (κ3) is 2.86. The molecule has 1 atom stereocenters. The number of carbonyl (C=O) groups is 2. The zero-order chi connectivity index (χ0) is 15.5. The first-order valence-electron chi connectivity index (χ1n) is 7.70. The summed E-state index contributed by atoms with van der Waals surface area (Å²) in [5.74, 6) is 0.171. The van der Waals surface area contributed by atoms with Crippen LogP contribution in [-0.4, -0.2) is 36.1 Å². The molecule has 0 spiro atoms. The van der Waals surface area contributed by atoms with Gasteiger partial charge >= 0.3 is 11.8 Å². The van der Waals surface area contributed by atoms with Gasteiger partial charge < -0.3 is 19.7 Å². The van der Waals surface area contributed by atoms with Gasteiger partial charge in [0.15, 0.2) is 11.5 Å². The molecule has 0 bridgehead atoms. The first-order chi connectivity index (χ1) is 10.7. The fourth-order valence-corrected chi connectivity index (χ4v) is 2.98. The van der Waals surface area contributed by atoms with Gasteiger partial charge in [-0.1, -0.05) is 6.92 Å². The standard InChI is InChI=1S/C16H20N2O4/c1-2-12-5-3-4-8-18(12)16(20)15(19)17-11-6-7-13-14(9-11)22-10-21-13/h6-7,9,12H,2-5,8,10H2,1H3,(H,17,19). The van der Waals surface area contributed by atoms with Crippen LogP contribution in [0.3, 0.4) is 0 Å². The van der Waals surface area contributed by atoms with Crippen LogP contribution in [-0.2, 0) is 9.59 Å². The predicted molar refractivity (Wildman–Crippen MR) is 80.8 cm³/mol. The summed E-state index contributed by atoms with van der Waals surface area (Å²) in [7, 11) is 0. The average molecular weight is 304 g/mol. The van der Waals surface area contributed by atoms with Crippen molar-refractivity contribution < 1.29 is 19.1 Å². The Morgan fingerprint density at radius 1 is 1.27 bits per heavy atom. The Bertz CT molecular complexity index is 588. The van der Waals surface area contributed by atoms with Crippen LogP contribution >= 0.6 is 0 Å². The van der Waals surface area contributed by atoms with Crippen LogP contribution in [0.2, 0.25) is 0 Å². The third-order valence-electron chi connectivity index (χ3n) is 4.18. The van der Waals surface area contributed by atoms with E-state index in [9.17, 15) is 9.59 Å². The van der Waals surface area contributed by atoms with E-state index in [1.807, 2.05) is 6.92 Å². The molecule has 2 heterocycles. The quantitative estimate of drug-likeness (QED) is 0.850. The summed E-state index contributed by atoms with van der Waals surface area (Å²) in [6, 6.07) is 5.26. The minimum absolute atomic E-state index is 0.170. The lowest BCUT2D eigenvalue weighted by Gasteiger charge is -2.34. The highest BCUT2D eigenvalue weighted by molar-refractivity contribution is 6.39. The summed E-state index contributed by atoms with van der Waals surface area (Å²) in [6.07, 6.45) is 3.92. The smallest absolute Gasteiger partial charge is 0.313 e. The molecule has 2 aliphatic rings. The number of ether oxygens (including phenoxy) is 2. The number of anilines is 1. The number of rotatable bonds is 2. The molecule has 22 heavy (non-hydrogen) atoms. The second-order valence-electron chi connectivity index (χ2n) is 5.58. The summed E-state index contributed by atoms with van der Waals surface area (Å²) < 4.78 is 10.5. The Morgan fingerprint density at radius 2 is 2.09 bits per heavy atom. The summed E-state index contributed by atoms with van der Waals surface area (Å²) in [5.41, 5.74) is 0.535. The van der Waals surface area contributed by atoms with Gasteiger partial charge in [0.25, 0.3) is 0 Å². The number of benzene rings is 1.